The quantitative estimate of drug-likeness (QED) is 0.851. The molecule has 0 spiro atoms. The van der Waals surface area contributed by atoms with E-state index in [0.717, 1.165) is 36.8 Å². The molecule has 3 heteroatoms. The third-order valence-electron chi connectivity index (χ3n) is 4.69. The van der Waals surface area contributed by atoms with Crippen molar-refractivity contribution in [3.8, 4) is 0 Å². The van der Waals surface area contributed by atoms with E-state index in [0.29, 0.717) is 6.42 Å². The summed E-state index contributed by atoms with van der Waals surface area (Å²) < 4.78 is 19.1. The molecule has 2 rings (SSSR count). The van der Waals surface area contributed by atoms with Crippen LogP contribution in [0.2, 0.25) is 0 Å². The molecular formula is C17H25FO2. The number of rotatable bonds is 4. The summed E-state index contributed by atoms with van der Waals surface area (Å²) in [6.07, 6.45) is 6.24. The van der Waals surface area contributed by atoms with Gasteiger partial charge in [-0.25, -0.2) is 4.39 Å². The van der Waals surface area contributed by atoms with Crippen LogP contribution in [0.5, 0.6) is 0 Å². The second kappa shape index (κ2) is 6.68. The molecule has 1 aliphatic rings. The number of halogens is 1. The smallest absolute Gasteiger partial charge is 0.123 e. The second-order valence-corrected chi connectivity index (χ2v) is 5.97. The molecule has 1 aromatic carbocycles. The van der Waals surface area contributed by atoms with Crippen LogP contribution in [0.4, 0.5) is 4.39 Å². The van der Waals surface area contributed by atoms with Gasteiger partial charge in [0.05, 0.1) is 11.7 Å². The maximum atomic E-state index is 13.4. The third-order valence-corrected chi connectivity index (χ3v) is 4.69. The summed E-state index contributed by atoms with van der Waals surface area (Å²) in [5.41, 5.74) is 1.43. The van der Waals surface area contributed by atoms with Gasteiger partial charge in [-0.2, -0.15) is 0 Å². The first-order valence-electron chi connectivity index (χ1n) is 7.56. The lowest BCUT2D eigenvalue weighted by Crippen LogP contribution is -2.45. The Morgan fingerprint density at radius 1 is 1.25 bits per heavy atom. The molecule has 1 aromatic rings. The van der Waals surface area contributed by atoms with Gasteiger partial charge >= 0.3 is 0 Å². The third kappa shape index (κ3) is 3.39. The lowest BCUT2D eigenvalue weighted by molar-refractivity contribution is -0.111. The standard InChI is InChI=1S/C17H25FO2/c1-13-7-8-15(18)11-14(13)12-16(19)17(20-2)9-5-3-4-6-10-17/h7-8,11,16,19H,3-6,9-10,12H2,1-2H3. The summed E-state index contributed by atoms with van der Waals surface area (Å²) in [7, 11) is 1.69. The Balaban J connectivity index is 2.16. The number of methoxy groups -OCH3 is 1. The molecule has 112 valence electrons. The highest BCUT2D eigenvalue weighted by Gasteiger charge is 2.38. The molecular weight excluding hydrogens is 255 g/mol. The van der Waals surface area contributed by atoms with E-state index in [1.807, 2.05) is 6.92 Å². The van der Waals surface area contributed by atoms with Gasteiger partial charge in [0.2, 0.25) is 0 Å². The number of hydrogen-bond donors (Lipinski definition) is 1. The van der Waals surface area contributed by atoms with Crippen molar-refractivity contribution in [1.29, 1.82) is 0 Å². The van der Waals surface area contributed by atoms with Crippen LogP contribution < -0.4 is 0 Å². The van der Waals surface area contributed by atoms with Crippen LogP contribution in [0.1, 0.15) is 49.7 Å². The number of benzene rings is 1. The van der Waals surface area contributed by atoms with E-state index in [1.54, 1.807) is 13.2 Å². The van der Waals surface area contributed by atoms with Crippen LogP contribution in [0.25, 0.3) is 0 Å². The zero-order valence-electron chi connectivity index (χ0n) is 12.5. The normalized spacial score (nSPS) is 20.4. The van der Waals surface area contributed by atoms with Gasteiger partial charge in [0, 0.05) is 13.5 Å². The van der Waals surface area contributed by atoms with Crippen molar-refractivity contribution in [3.63, 3.8) is 0 Å². The Hall–Kier alpha value is -0.930. The van der Waals surface area contributed by atoms with Crippen molar-refractivity contribution in [1.82, 2.24) is 0 Å². The summed E-state index contributed by atoms with van der Waals surface area (Å²) in [4.78, 5) is 0. The summed E-state index contributed by atoms with van der Waals surface area (Å²) in [6.45, 7) is 1.95. The minimum atomic E-state index is -0.578. The molecule has 0 amide bonds. The topological polar surface area (TPSA) is 29.5 Å². The number of aliphatic hydroxyl groups is 1. The Labute approximate surface area is 121 Å². The van der Waals surface area contributed by atoms with E-state index < -0.39 is 11.7 Å². The summed E-state index contributed by atoms with van der Waals surface area (Å²) in [5, 5.41) is 10.7. The number of ether oxygens (including phenoxy) is 1. The lowest BCUT2D eigenvalue weighted by atomic mass is 9.84. The Morgan fingerprint density at radius 2 is 1.90 bits per heavy atom. The maximum Gasteiger partial charge on any atom is 0.123 e. The SMILES string of the molecule is COC1(C(O)Cc2cc(F)ccc2C)CCCCCC1. The van der Waals surface area contributed by atoms with Gasteiger partial charge < -0.3 is 9.84 Å². The van der Waals surface area contributed by atoms with Gasteiger partial charge in [-0.05, 0) is 43.0 Å². The first-order chi connectivity index (χ1) is 9.57. The van der Waals surface area contributed by atoms with Crippen molar-refractivity contribution in [2.45, 2.75) is 63.6 Å². The average molecular weight is 280 g/mol. The predicted octanol–water partition coefficient (Wildman–Crippen LogP) is 3.78. The highest BCUT2D eigenvalue weighted by molar-refractivity contribution is 5.27. The molecule has 0 aromatic heterocycles. The van der Waals surface area contributed by atoms with Crippen molar-refractivity contribution >= 4 is 0 Å². The number of aryl methyl sites for hydroxylation is 1. The Morgan fingerprint density at radius 3 is 2.50 bits per heavy atom. The molecule has 1 aliphatic carbocycles. The molecule has 2 nitrogen and oxygen atoms in total. The van der Waals surface area contributed by atoms with Crippen molar-refractivity contribution in [2.75, 3.05) is 7.11 Å². The first kappa shape index (κ1) is 15.5. The van der Waals surface area contributed by atoms with Crippen LogP contribution in [0, 0.1) is 12.7 Å². The van der Waals surface area contributed by atoms with E-state index in [1.165, 1.54) is 25.0 Å². The van der Waals surface area contributed by atoms with E-state index in [9.17, 15) is 9.50 Å². The fourth-order valence-electron chi connectivity index (χ4n) is 3.25. The molecule has 1 N–H and O–H groups in total. The first-order valence-corrected chi connectivity index (χ1v) is 7.56. The fourth-order valence-corrected chi connectivity index (χ4v) is 3.25. The summed E-state index contributed by atoms with van der Waals surface area (Å²) in [6, 6.07) is 4.76. The molecule has 0 radical (unpaired) electrons. The van der Waals surface area contributed by atoms with Crippen LogP contribution in [-0.2, 0) is 11.2 Å². The molecule has 0 saturated heterocycles. The van der Waals surface area contributed by atoms with Gasteiger partial charge in [0.15, 0.2) is 0 Å². The van der Waals surface area contributed by atoms with E-state index in [2.05, 4.69) is 0 Å². The van der Waals surface area contributed by atoms with Crippen LogP contribution in [-0.4, -0.2) is 23.9 Å². The van der Waals surface area contributed by atoms with Gasteiger partial charge in [-0.3, -0.25) is 0 Å². The predicted molar refractivity (Wildman–Crippen MR) is 78.3 cm³/mol. The van der Waals surface area contributed by atoms with E-state index in [4.69, 9.17) is 4.74 Å². The maximum absolute atomic E-state index is 13.4. The highest BCUT2D eigenvalue weighted by Crippen LogP contribution is 2.34. The average Bonchev–Trinajstić information content (AvgIpc) is 2.69. The van der Waals surface area contributed by atoms with Gasteiger partial charge in [-0.1, -0.05) is 31.7 Å². The summed E-state index contributed by atoms with van der Waals surface area (Å²) in [5.74, 6) is -0.245. The van der Waals surface area contributed by atoms with Gasteiger partial charge in [0.1, 0.15) is 5.82 Å². The lowest BCUT2D eigenvalue weighted by Gasteiger charge is -2.36. The number of hydrogen-bond acceptors (Lipinski definition) is 2. The zero-order chi connectivity index (χ0) is 14.6. The van der Waals surface area contributed by atoms with E-state index in [-0.39, 0.29) is 5.82 Å². The van der Waals surface area contributed by atoms with Crippen molar-refractivity contribution < 1.29 is 14.2 Å². The molecule has 20 heavy (non-hydrogen) atoms. The van der Waals surface area contributed by atoms with Crippen molar-refractivity contribution in [3.05, 3.63) is 35.1 Å². The highest BCUT2D eigenvalue weighted by atomic mass is 19.1. The Kier molecular flexibility index (Phi) is 5.17. The fraction of sp³-hybridized carbons (Fsp3) is 0.647. The molecule has 1 saturated carbocycles. The Bertz CT molecular complexity index is 437. The second-order valence-electron chi connectivity index (χ2n) is 5.97. The van der Waals surface area contributed by atoms with Crippen molar-refractivity contribution in [2.24, 2.45) is 0 Å². The molecule has 1 unspecified atom stereocenters. The molecule has 1 fully saturated rings. The minimum absolute atomic E-state index is 0.245. The molecule has 1 atom stereocenters. The molecule has 0 aliphatic heterocycles. The number of aliphatic hydroxyl groups excluding tert-OH is 1. The zero-order valence-corrected chi connectivity index (χ0v) is 12.5. The van der Waals surface area contributed by atoms with Crippen LogP contribution in [0.15, 0.2) is 18.2 Å². The summed E-state index contributed by atoms with van der Waals surface area (Å²) >= 11 is 0. The van der Waals surface area contributed by atoms with Gasteiger partial charge in [-0.15, -0.1) is 0 Å². The monoisotopic (exact) mass is 280 g/mol. The van der Waals surface area contributed by atoms with Crippen LogP contribution >= 0.6 is 0 Å². The largest absolute Gasteiger partial charge is 0.390 e. The molecule has 0 heterocycles. The van der Waals surface area contributed by atoms with Crippen LogP contribution in [0.3, 0.4) is 0 Å². The van der Waals surface area contributed by atoms with E-state index >= 15 is 0 Å². The minimum Gasteiger partial charge on any atom is -0.390 e. The molecule has 0 bridgehead atoms. The van der Waals surface area contributed by atoms with Gasteiger partial charge in [0.25, 0.3) is 0 Å².